The molecule has 106 valence electrons. The molecule has 2 N–H and O–H groups in total. The molecule has 0 aliphatic carbocycles. The highest BCUT2D eigenvalue weighted by molar-refractivity contribution is 6.03. The number of nitrogens with one attached hydrogen (secondary N) is 1. The normalized spacial score (nSPS) is 18.6. The molecule has 0 radical (unpaired) electrons. The van der Waals surface area contributed by atoms with Crippen molar-refractivity contribution in [3.8, 4) is 0 Å². The zero-order chi connectivity index (χ0) is 15.0. The van der Waals surface area contributed by atoms with E-state index in [1.54, 1.807) is 24.4 Å². The number of imide groups is 1. The lowest BCUT2D eigenvalue weighted by molar-refractivity contribution is -0.134. The number of carbonyl (C=O) groups is 3. The Morgan fingerprint density at radius 3 is 2.81 bits per heavy atom. The highest BCUT2D eigenvalue weighted by Crippen LogP contribution is 2.29. The summed E-state index contributed by atoms with van der Waals surface area (Å²) in [4.78, 5) is 38.4. The minimum Gasteiger partial charge on any atom is -0.478 e. The molecule has 6 heteroatoms. The van der Waals surface area contributed by atoms with Gasteiger partial charge in [0, 0.05) is 18.0 Å². The predicted octanol–water partition coefficient (Wildman–Crippen LogP) is 1.45. The van der Waals surface area contributed by atoms with Crippen molar-refractivity contribution in [2.45, 2.75) is 18.8 Å². The van der Waals surface area contributed by atoms with Crippen LogP contribution in [0.15, 0.2) is 30.5 Å². The number of benzene rings is 1. The van der Waals surface area contributed by atoms with Crippen molar-refractivity contribution >= 4 is 28.6 Å². The van der Waals surface area contributed by atoms with Gasteiger partial charge in [0.1, 0.15) is 0 Å². The molecular weight excluding hydrogens is 272 g/mol. The third kappa shape index (κ3) is 2.35. The van der Waals surface area contributed by atoms with E-state index in [1.807, 2.05) is 0 Å². The smallest absolute Gasteiger partial charge is 0.335 e. The number of aromatic carboxylic acids is 1. The number of aromatic nitrogens is 1. The Morgan fingerprint density at radius 2 is 2.10 bits per heavy atom. The minimum atomic E-state index is -1.00. The molecule has 1 fully saturated rings. The summed E-state index contributed by atoms with van der Waals surface area (Å²) in [6.07, 6.45) is 2.24. The van der Waals surface area contributed by atoms with Gasteiger partial charge < -0.3 is 5.11 Å². The average molecular weight is 284 g/mol. The predicted molar refractivity (Wildman–Crippen MR) is 73.8 cm³/mol. The Bertz CT molecular complexity index is 769. The van der Waals surface area contributed by atoms with Crippen molar-refractivity contribution in [1.82, 2.24) is 10.3 Å². The van der Waals surface area contributed by atoms with Gasteiger partial charge in [-0.1, -0.05) is 6.07 Å². The molecule has 2 amide bonds. The van der Waals surface area contributed by atoms with Gasteiger partial charge in [-0.2, -0.15) is 0 Å². The monoisotopic (exact) mass is 284 g/mol. The van der Waals surface area contributed by atoms with Gasteiger partial charge in [-0.05, 0) is 30.0 Å². The van der Waals surface area contributed by atoms with Crippen LogP contribution in [0, 0.1) is 0 Å². The first-order valence-corrected chi connectivity index (χ1v) is 6.52. The van der Waals surface area contributed by atoms with Gasteiger partial charge in [-0.3, -0.25) is 19.9 Å². The summed E-state index contributed by atoms with van der Waals surface area (Å²) >= 11 is 0. The fraction of sp³-hybridized carbons (Fsp3) is 0.200. The quantitative estimate of drug-likeness (QED) is 0.814. The number of carboxylic acid groups (broad SMARTS) is 1. The molecule has 0 bridgehead atoms. The summed E-state index contributed by atoms with van der Waals surface area (Å²) < 4.78 is 0. The van der Waals surface area contributed by atoms with E-state index in [0.29, 0.717) is 17.5 Å². The van der Waals surface area contributed by atoms with Gasteiger partial charge in [0.15, 0.2) is 0 Å². The number of piperidine rings is 1. The number of amides is 2. The number of rotatable bonds is 2. The lowest BCUT2D eigenvalue weighted by Gasteiger charge is -2.21. The van der Waals surface area contributed by atoms with Crippen molar-refractivity contribution in [3.05, 3.63) is 41.7 Å². The minimum absolute atomic E-state index is 0.183. The van der Waals surface area contributed by atoms with Crippen LogP contribution in [0.1, 0.15) is 34.8 Å². The molecule has 1 aromatic heterocycles. The van der Waals surface area contributed by atoms with Crippen molar-refractivity contribution in [2.24, 2.45) is 0 Å². The summed E-state index contributed by atoms with van der Waals surface area (Å²) in [7, 11) is 0. The molecule has 1 aromatic carbocycles. The van der Waals surface area contributed by atoms with Crippen molar-refractivity contribution in [1.29, 1.82) is 0 Å². The molecule has 1 atom stereocenters. The fourth-order valence-corrected chi connectivity index (χ4v) is 2.57. The maximum Gasteiger partial charge on any atom is 0.335 e. The van der Waals surface area contributed by atoms with Crippen LogP contribution in [-0.4, -0.2) is 27.9 Å². The van der Waals surface area contributed by atoms with E-state index in [2.05, 4.69) is 10.3 Å². The van der Waals surface area contributed by atoms with Gasteiger partial charge >= 0.3 is 5.97 Å². The van der Waals surface area contributed by atoms with Crippen LogP contribution in [0.25, 0.3) is 10.8 Å². The second kappa shape index (κ2) is 4.97. The fourth-order valence-electron chi connectivity index (χ4n) is 2.57. The Kier molecular flexibility index (Phi) is 3.13. The van der Waals surface area contributed by atoms with Crippen LogP contribution in [0.2, 0.25) is 0 Å². The summed E-state index contributed by atoms with van der Waals surface area (Å²) in [5, 5.41) is 12.8. The molecule has 6 nitrogen and oxygen atoms in total. The van der Waals surface area contributed by atoms with Crippen LogP contribution in [0.3, 0.4) is 0 Å². The zero-order valence-corrected chi connectivity index (χ0v) is 11.0. The van der Waals surface area contributed by atoms with E-state index in [4.69, 9.17) is 5.11 Å². The van der Waals surface area contributed by atoms with Crippen molar-refractivity contribution in [2.75, 3.05) is 0 Å². The molecule has 1 saturated heterocycles. The van der Waals surface area contributed by atoms with E-state index in [-0.39, 0.29) is 23.8 Å². The number of pyridine rings is 1. The molecule has 1 aliphatic rings. The molecule has 2 heterocycles. The lowest BCUT2D eigenvalue weighted by Crippen LogP contribution is -2.39. The molecule has 2 aromatic rings. The number of hydrogen-bond donors (Lipinski definition) is 2. The number of carboxylic acids is 1. The molecule has 0 spiro atoms. The third-order valence-electron chi connectivity index (χ3n) is 3.61. The SMILES string of the molecule is O=C1CCC(c2nccc3cc(C(=O)O)ccc23)C(=O)N1. The molecular formula is C15H12N2O4. The van der Waals surface area contributed by atoms with Gasteiger partial charge in [0.25, 0.3) is 0 Å². The second-order valence-corrected chi connectivity index (χ2v) is 4.94. The molecule has 0 saturated carbocycles. The molecule has 1 aliphatic heterocycles. The average Bonchev–Trinajstić information content (AvgIpc) is 2.46. The largest absolute Gasteiger partial charge is 0.478 e. The highest BCUT2D eigenvalue weighted by atomic mass is 16.4. The molecule has 1 unspecified atom stereocenters. The summed E-state index contributed by atoms with van der Waals surface area (Å²) in [5.74, 6) is -2.11. The number of hydrogen-bond acceptors (Lipinski definition) is 4. The van der Waals surface area contributed by atoms with Crippen LogP contribution >= 0.6 is 0 Å². The second-order valence-electron chi connectivity index (χ2n) is 4.94. The zero-order valence-electron chi connectivity index (χ0n) is 11.0. The highest BCUT2D eigenvalue weighted by Gasteiger charge is 2.30. The van der Waals surface area contributed by atoms with Crippen LogP contribution < -0.4 is 5.32 Å². The van der Waals surface area contributed by atoms with E-state index >= 15 is 0 Å². The maximum atomic E-state index is 12.0. The van der Waals surface area contributed by atoms with Gasteiger partial charge in [0.05, 0.1) is 17.2 Å². The Balaban J connectivity index is 2.09. The summed E-state index contributed by atoms with van der Waals surface area (Å²) in [6.45, 7) is 0. The van der Waals surface area contributed by atoms with E-state index in [0.717, 1.165) is 5.39 Å². The first kappa shape index (κ1) is 13.2. The van der Waals surface area contributed by atoms with Crippen molar-refractivity contribution in [3.63, 3.8) is 0 Å². The van der Waals surface area contributed by atoms with Crippen LogP contribution in [0.5, 0.6) is 0 Å². The van der Waals surface area contributed by atoms with E-state index in [1.165, 1.54) is 6.07 Å². The Labute approximate surface area is 119 Å². The topological polar surface area (TPSA) is 96.4 Å². The third-order valence-corrected chi connectivity index (χ3v) is 3.61. The lowest BCUT2D eigenvalue weighted by atomic mass is 9.91. The number of nitrogens with zero attached hydrogens (tertiary/aromatic N) is 1. The first-order chi connectivity index (χ1) is 10.1. The van der Waals surface area contributed by atoms with Gasteiger partial charge in [0.2, 0.25) is 11.8 Å². The maximum absolute atomic E-state index is 12.0. The van der Waals surface area contributed by atoms with E-state index < -0.39 is 11.9 Å². The van der Waals surface area contributed by atoms with Gasteiger partial charge in [-0.25, -0.2) is 4.79 Å². The van der Waals surface area contributed by atoms with Crippen LogP contribution in [-0.2, 0) is 9.59 Å². The number of carbonyl (C=O) groups excluding carboxylic acids is 2. The molecule has 21 heavy (non-hydrogen) atoms. The number of fused-ring (bicyclic) bond motifs is 1. The Hall–Kier alpha value is -2.76. The molecule has 3 rings (SSSR count). The summed E-state index contributed by atoms with van der Waals surface area (Å²) in [5.41, 5.74) is 0.761. The standard InChI is InChI=1S/C15H12N2O4/c18-12-4-3-11(14(19)17-12)13-10-2-1-9(15(20)21)7-8(10)5-6-16-13/h1-2,5-7,11H,3-4H2,(H,20,21)(H,17,18,19). The van der Waals surface area contributed by atoms with Crippen LogP contribution in [0.4, 0.5) is 0 Å². The van der Waals surface area contributed by atoms with Crippen molar-refractivity contribution < 1.29 is 19.5 Å². The Morgan fingerprint density at radius 1 is 1.29 bits per heavy atom. The summed E-state index contributed by atoms with van der Waals surface area (Å²) in [6, 6.07) is 6.40. The van der Waals surface area contributed by atoms with E-state index in [9.17, 15) is 14.4 Å². The first-order valence-electron chi connectivity index (χ1n) is 6.52. The van der Waals surface area contributed by atoms with Gasteiger partial charge in [-0.15, -0.1) is 0 Å².